The molecule has 0 unspecified atom stereocenters. The van der Waals surface area contributed by atoms with Gasteiger partial charge in [0.25, 0.3) is 5.56 Å². The van der Waals surface area contributed by atoms with Gasteiger partial charge in [0.1, 0.15) is 0 Å². The second-order valence-corrected chi connectivity index (χ2v) is 4.91. The molecule has 2 aromatic rings. The van der Waals surface area contributed by atoms with E-state index in [0.29, 0.717) is 6.04 Å². The molecule has 4 nitrogen and oxygen atoms in total. The lowest BCUT2D eigenvalue weighted by Gasteiger charge is -2.21. The van der Waals surface area contributed by atoms with Crippen LogP contribution in [0.5, 0.6) is 0 Å². The molecular formula is C14H17N3O. The largest absolute Gasteiger partial charge is 0.295 e. The van der Waals surface area contributed by atoms with Crippen LogP contribution < -0.4 is 5.56 Å². The highest BCUT2D eigenvalue weighted by molar-refractivity contribution is 5.56. The van der Waals surface area contributed by atoms with E-state index < -0.39 is 0 Å². The number of aromatic nitrogens is 3. The van der Waals surface area contributed by atoms with Crippen molar-refractivity contribution in [3.63, 3.8) is 0 Å². The fraction of sp³-hybridized carbons (Fsp3) is 0.429. The third kappa shape index (κ3) is 2.10. The quantitative estimate of drug-likeness (QED) is 0.881. The van der Waals surface area contributed by atoms with Gasteiger partial charge in [0.05, 0.1) is 11.7 Å². The average molecular weight is 243 g/mol. The summed E-state index contributed by atoms with van der Waals surface area (Å²) in [6.45, 7) is 0. The Bertz CT molecular complexity index is 564. The third-order valence-corrected chi connectivity index (χ3v) is 3.66. The Balaban J connectivity index is 1.93. The van der Waals surface area contributed by atoms with Crippen molar-refractivity contribution in [3.8, 4) is 11.3 Å². The summed E-state index contributed by atoms with van der Waals surface area (Å²) >= 11 is 0. The molecule has 1 aliphatic rings. The number of hydrogen-bond acceptors (Lipinski definition) is 2. The van der Waals surface area contributed by atoms with Crippen molar-refractivity contribution in [2.45, 2.75) is 38.1 Å². The number of H-pyrrole nitrogens is 1. The standard InChI is InChI=1S/C14H17N3O/c18-14-9-13(11-5-4-8-15-10-11)16-17(14)12-6-2-1-3-7-12/h4-5,8-10,12,16H,1-3,6-7H2. The normalized spacial score (nSPS) is 16.9. The Morgan fingerprint density at radius 2 is 2.11 bits per heavy atom. The molecule has 3 rings (SSSR count). The van der Waals surface area contributed by atoms with E-state index in [9.17, 15) is 4.79 Å². The summed E-state index contributed by atoms with van der Waals surface area (Å²) in [5.41, 5.74) is 1.89. The molecule has 94 valence electrons. The molecule has 0 atom stereocenters. The molecule has 1 N–H and O–H groups in total. The van der Waals surface area contributed by atoms with Crippen molar-refractivity contribution in [3.05, 3.63) is 40.9 Å². The first kappa shape index (κ1) is 11.3. The highest BCUT2D eigenvalue weighted by Gasteiger charge is 2.18. The molecular weight excluding hydrogens is 226 g/mol. The summed E-state index contributed by atoms with van der Waals surface area (Å²) < 4.78 is 1.79. The Labute approximate surface area is 106 Å². The fourth-order valence-corrected chi connectivity index (χ4v) is 2.69. The van der Waals surface area contributed by atoms with Crippen molar-refractivity contribution in [2.75, 3.05) is 0 Å². The molecule has 0 bridgehead atoms. The van der Waals surface area contributed by atoms with Crippen molar-refractivity contribution in [1.29, 1.82) is 0 Å². The molecule has 2 aromatic heterocycles. The van der Waals surface area contributed by atoms with Crippen molar-refractivity contribution in [2.24, 2.45) is 0 Å². The van der Waals surface area contributed by atoms with E-state index in [1.165, 1.54) is 19.3 Å². The number of nitrogens with one attached hydrogen (secondary N) is 1. The summed E-state index contributed by atoms with van der Waals surface area (Å²) in [6, 6.07) is 5.86. The predicted octanol–water partition coefficient (Wildman–Crippen LogP) is 2.74. The van der Waals surface area contributed by atoms with Crippen molar-refractivity contribution < 1.29 is 0 Å². The SMILES string of the molecule is O=c1cc(-c2cccnc2)[nH]n1C1CCCCC1. The summed E-state index contributed by atoms with van der Waals surface area (Å²) in [7, 11) is 0. The maximum atomic E-state index is 12.0. The highest BCUT2D eigenvalue weighted by Crippen LogP contribution is 2.27. The molecule has 0 radical (unpaired) electrons. The highest BCUT2D eigenvalue weighted by atomic mass is 16.1. The van der Waals surface area contributed by atoms with Crippen molar-refractivity contribution in [1.82, 2.24) is 14.8 Å². The van der Waals surface area contributed by atoms with E-state index in [2.05, 4.69) is 10.1 Å². The van der Waals surface area contributed by atoms with Crippen LogP contribution in [0, 0.1) is 0 Å². The van der Waals surface area contributed by atoms with E-state index >= 15 is 0 Å². The van der Waals surface area contributed by atoms with Crippen LogP contribution in [0.2, 0.25) is 0 Å². The smallest absolute Gasteiger partial charge is 0.267 e. The minimum absolute atomic E-state index is 0.0701. The number of aromatic amines is 1. The zero-order valence-electron chi connectivity index (χ0n) is 10.3. The van der Waals surface area contributed by atoms with Gasteiger partial charge in [-0.15, -0.1) is 0 Å². The first-order valence-electron chi connectivity index (χ1n) is 6.56. The molecule has 1 saturated carbocycles. The van der Waals surface area contributed by atoms with Crippen LogP contribution >= 0.6 is 0 Å². The average Bonchev–Trinajstić information content (AvgIpc) is 2.83. The van der Waals surface area contributed by atoms with Gasteiger partial charge < -0.3 is 0 Å². The first-order chi connectivity index (χ1) is 8.84. The molecule has 0 amide bonds. The van der Waals surface area contributed by atoms with Crippen LogP contribution in [-0.4, -0.2) is 14.8 Å². The summed E-state index contributed by atoms with van der Waals surface area (Å²) in [6.07, 6.45) is 9.45. The second-order valence-electron chi connectivity index (χ2n) is 4.91. The van der Waals surface area contributed by atoms with E-state index in [4.69, 9.17) is 0 Å². The van der Waals surface area contributed by atoms with Gasteiger partial charge in [-0.1, -0.05) is 19.3 Å². The van der Waals surface area contributed by atoms with Crippen LogP contribution in [0.3, 0.4) is 0 Å². The first-order valence-corrected chi connectivity index (χ1v) is 6.56. The lowest BCUT2D eigenvalue weighted by atomic mass is 9.96. The van der Waals surface area contributed by atoms with Crippen molar-refractivity contribution >= 4 is 0 Å². The van der Waals surface area contributed by atoms with Crippen LogP contribution in [0.4, 0.5) is 0 Å². The summed E-state index contributed by atoms with van der Waals surface area (Å²) in [5, 5.41) is 3.23. The lowest BCUT2D eigenvalue weighted by Crippen LogP contribution is -2.23. The van der Waals surface area contributed by atoms with E-state index in [1.807, 2.05) is 12.1 Å². The molecule has 4 heteroatoms. The Kier molecular flexibility index (Phi) is 3.00. The third-order valence-electron chi connectivity index (χ3n) is 3.66. The topological polar surface area (TPSA) is 50.7 Å². The van der Waals surface area contributed by atoms with Gasteiger partial charge in [-0.05, 0) is 25.0 Å². The van der Waals surface area contributed by atoms with E-state index in [-0.39, 0.29) is 5.56 Å². The molecule has 1 fully saturated rings. The van der Waals surface area contributed by atoms with Gasteiger partial charge in [-0.25, -0.2) is 4.68 Å². The number of pyridine rings is 1. The zero-order valence-corrected chi connectivity index (χ0v) is 10.3. The van der Waals surface area contributed by atoms with Gasteiger partial charge in [0.15, 0.2) is 0 Å². The van der Waals surface area contributed by atoms with Gasteiger partial charge in [-0.3, -0.25) is 14.9 Å². The van der Waals surface area contributed by atoms with E-state index in [1.54, 1.807) is 23.1 Å². The minimum atomic E-state index is 0.0701. The van der Waals surface area contributed by atoms with Gasteiger partial charge in [-0.2, -0.15) is 0 Å². The Morgan fingerprint density at radius 3 is 2.83 bits per heavy atom. The van der Waals surface area contributed by atoms with Crippen LogP contribution in [0.15, 0.2) is 35.4 Å². The Morgan fingerprint density at radius 1 is 1.28 bits per heavy atom. The van der Waals surface area contributed by atoms with Crippen LogP contribution in [0.1, 0.15) is 38.1 Å². The number of nitrogens with zero attached hydrogens (tertiary/aromatic N) is 2. The molecule has 0 aliphatic heterocycles. The van der Waals surface area contributed by atoms with Crippen LogP contribution in [-0.2, 0) is 0 Å². The number of rotatable bonds is 2. The van der Waals surface area contributed by atoms with E-state index in [0.717, 1.165) is 24.1 Å². The fourth-order valence-electron chi connectivity index (χ4n) is 2.69. The van der Waals surface area contributed by atoms with Gasteiger partial charge >= 0.3 is 0 Å². The maximum Gasteiger partial charge on any atom is 0.267 e. The molecule has 1 aliphatic carbocycles. The lowest BCUT2D eigenvalue weighted by molar-refractivity contribution is 0.324. The predicted molar refractivity (Wildman–Crippen MR) is 70.4 cm³/mol. The number of hydrogen-bond donors (Lipinski definition) is 1. The Hall–Kier alpha value is -1.84. The molecule has 0 spiro atoms. The van der Waals surface area contributed by atoms with Gasteiger partial charge in [0, 0.05) is 24.0 Å². The zero-order chi connectivity index (χ0) is 12.4. The second kappa shape index (κ2) is 4.80. The maximum absolute atomic E-state index is 12.0. The molecule has 18 heavy (non-hydrogen) atoms. The molecule has 2 heterocycles. The van der Waals surface area contributed by atoms with Gasteiger partial charge in [0.2, 0.25) is 0 Å². The minimum Gasteiger partial charge on any atom is -0.295 e. The summed E-state index contributed by atoms with van der Waals surface area (Å²) in [4.78, 5) is 16.1. The monoisotopic (exact) mass is 243 g/mol. The molecule has 0 saturated heterocycles. The molecule has 0 aromatic carbocycles. The van der Waals surface area contributed by atoms with Crippen LogP contribution in [0.25, 0.3) is 11.3 Å². The summed E-state index contributed by atoms with van der Waals surface area (Å²) in [5.74, 6) is 0.